The van der Waals surface area contributed by atoms with E-state index in [2.05, 4.69) is 6.58 Å². The summed E-state index contributed by atoms with van der Waals surface area (Å²) < 4.78 is 25.8. The highest BCUT2D eigenvalue weighted by molar-refractivity contribution is 5.86. The van der Waals surface area contributed by atoms with Crippen molar-refractivity contribution in [2.45, 2.75) is 12.8 Å². The van der Waals surface area contributed by atoms with Crippen molar-refractivity contribution in [3.8, 4) is 0 Å². The van der Waals surface area contributed by atoms with Gasteiger partial charge >= 0.3 is 5.92 Å². The third-order valence-electron chi connectivity index (χ3n) is 2.04. The highest BCUT2D eigenvalue weighted by Crippen LogP contribution is 2.33. The molecule has 0 aromatic heterocycles. The zero-order valence-corrected chi connectivity index (χ0v) is 6.89. The van der Waals surface area contributed by atoms with E-state index in [0.29, 0.717) is 0 Å². The molecule has 0 aromatic carbocycles. The van der Waals surface area contributed by atoms with E-state index in [0.717, 1.165) is 4.90 Å². The Kier molecular flexibility index (Phi) is 2.17. The Morgan fingerprint density at radius 1 is 1.83 bits per heavy atom. The van der Waals surface area contributed by atoms with Gasteiger partial charge < -0.3 is 4.90 Å². The summed E-state index contributed by atoms with van der Waals surface area (Å²) in [4.78, 5) is 12.1. The molecule has 4 heteroatoms. The van der Waals surface area contributed by atoms with Gasteiger partial charge in [-0.2, -0.15) is 8.78 Å². The Bertz CT molecular complexity index is 215. The maximum atomic E-state index is 12.9. The summed E-state index contributed by atoms with van der Waals surface area (Å²) in [6.07, 6.45) is 1.45. The summed E-state index contributed by atoms with van der Waals surface area (Å²) in [6, 6.07) is 0. The van der Waals surface area contributed by atoms with Gasteiger partial charge in [0.1, 0.15) is 0 Å². The molecule has 1 atom stereocenters. The fraction of sp³-hybridized carbons (Fsp3) is 0.625. The van der Waals surface area contributed by atoms with Crippen LogP contribution in [0.1, 0.15) is 6.92 Å². The first-order valence-electron chi connectivity index (χ1n) is 3.78. The van der Waals surface area contributed by atoms with E-state index in [1.807, 2.05) is 0 Å². The molecule has 1 unspecified atom stereocenters. The van der Waals surface area contributed by atoms with Crippen LogP contribution in [0.2, 0.25) is 0 Å². The maximum absolute atomic E-state index is 12.9. The van der Waals surface area contributed by atoms with E-state index in [-0.39, 0.29) is 13.1 Å². The van der Waals surface area contributed by atoms with E-state index in [1.54, 1.807) is 0 Å². The summed E-state index contributed by atoms with van der Waals surface area (Å²) in [5.41, 5.74) is 0. The molecule has 0 saturated carbocycles. The van der Waals surface area contributed by atoms with Crippen molar-refractivity contribution in [2.24, 2.45) is 5.92 Å². The predicted molar refractivity (Wildman–Crippen MR) is 40.9 cm³/mol. The zero-order chi connectivity index (χ0) is 9.35. The fourth-order valence-electron chi connectivity index (χ4n) is 1.26. The maximum Gasteiger partial charge on any atom is 0.328 e. The van der Waals surface area contributed by atoms with Gasteiger partial charge in [-0.25, -0.2) is 0 Å². The first-order chi connectivity index (χ1) is 5.50. The Balaban J connectivity index is 2.76. The molecule has 12 heavy (non-hydrogen) atoms. The molecule has 0 spiro atoms. The minimum absolute atomic E-state index is 0.123. The molecular weight excluding hydrogens is 164 g/mol. The molecular formula is C8H11F2NO. The zero-order valence-electron chi connectivity index (χ0n) is 6.89. The normalized spacial score (nSPS) is 27.8. The van der Waals surface area contributed by atoms with Crippen LogP contribution in [-0.2, 0) is 4.79 Å². The van der Waals surface area contributed by atoms with Gasteiger partial charge in [0.2, 0.25) is 0 Å². The number of carbonyl (C=O) groups is 1. The molecule has 0 N–H and O–H groups in total. The van der Waals surface area contributed by atoms with Crippen LogP contribution in [0.3, 0.4) is 0 Å². The van der Waals surface area contributed by atoms with Gasteiger partial charge in [0.25, 0.3) is 5.91 Å². The fourth-order valence-corrected chi connectivity index (χ4v) is 1.26. The van der Waals surface area contributed by atoms with Gasteiger partial charge in [-0.15, -0.1) is 6.58 Å². The molecule has 1 amide bonds. The molecule has 0 radical (unpaired) electrons. The Labute approximate surface area is 69.9 Å². The summed E-state index contributed by atoms with van der Waals surface area (Å²) in [5.74, 6) is -5.14. The van der Waals surface area contributed by atoms with Crippen LogP contribution in [0.5, 0.6) is 0 Å². The van der Waals surface area contributed by atoms with Crippen LogP contribution in [-0.4, -0.2) is 29.8 Å². The highest BCUT2D eigenvalue weighted by Gasteiger charge is 2.53. The monoisotopic (exact) mass is 175 g/mol. The van der Waals surface area contributed by atoms with Crippen LogP contribution in [0.25, 0.3) is 0 Å². The molecule has 0 aromatic rings. The molecule has 0 bridgehead atoms. The van der Waals surface area contributed by atoms with E-state index in [9.17, 15) is 13.6 Å². The van der Waals surface area contributed by atoms with E-state index in [1.165, 1.54) is 13.0 Å². The number of nitrogens with zero attached hydrogens (tertiary/aromatic N) is 1. The Morgan fingerprint density at radius 3 is 2.75 bits per heavy atom. The van der Waals surface area contributed by atoms with Crippen molar-refractivity contribution in [3.63, 3.8) is 0 Å². The second-order valence-corrected chi connectivity index (χ2v) is 3.02. The molecule has 1 aliphatic rings. The second-order valence-electron chi connectivity index (χ2n) is 3.02. The lowest BCUT2D eigenvalue weighted by molar-refractivity contribution is -0.150. The number of rotatable bonds is 2. The highest BCUT2D eigenvalue weighted by atomic mass is 19.3. The number of hydrogen-bond acceptors (Lipinski definition) is 1. The number of carbonyl (C=O) groups excluding carboxylic acids is 1. The largest absolute Gasteiger partial charge is 0.333 e. The van der Waals surface area contributed by atoms with E-state index < -0.39 is 17.7 Å². The van der Waals surface area contributed by atoms with Gasteiger partial charge in [0, 0.05) is 19.0 Å². The Morgan fingerprint density at radius 2 is 2.42 bits per heavy atom. The van der Waals surface area contributed by atoms with Crippen LogP contribution < -0.4 is 0 Å². The second kappa shape index (κ2) is 2.84. The van der Waals surface area contributed by atoms with Crippen molar-refractivity contribution < 1.29 is 13.6 Å². The van der Waals surface area contributed by atoms with Crippen LogP contribution >= 0.6 is 0 Å². The first-order valence-corrected chi connectivity index (χ1v) is 3.78. The van der Waals surface area contributed by atoms with Crippen LogP contribution in [0, 0.1) is 5.92 Å². The van der Waals surface area contributed by atoms with Crippen molar-refractivity contribution in [1.29, 1.82) is 0 Å². The van der Waals surface area contributed by atoms with Crippen LogP contribution in [0.4, 0.5) is 8.78 Å². The molecule has 1 saturated heterocycles. The average Bonchev–Trinajstić information content (AvgIpc) is 2.17. The predicted octanol–water partition coefficient (Wildman–Crippen LogP) is 1.29. The molecule has 1 aliphatic heterocycles. The number of amides is 1. The minimum atomic E-state index is -3.18. The Hall–Kier alpha value is -0.930. The minimum Gasteiger partial charge on any atom is -0.333 e. The molecule has 68 valence electrons. The lowest BCUT2D eigenvalue weighted by Crippen LogP contribution is -2.34. The summed E-state index contributed by atoms with van der Waals surface area (Å²) in [7, 11) is 0. The van der Waals surface area contributed by atoms with Crippen LogP contribution in [0.15, 0.2) is 12.7 Å². The number of likely N-dealkylation sites (tertiary alicyclic amines) is 1. The molecule has 0 aliphatic carbocycles. The topological polar surface area (TPSA) is 20.3 Å². The summed E-state index contributed by atoms with van der Waals surface area (Å²) in [6.45, 7) is 5.10. The molecule has 1 rings (SSSR count). The number of halogens is 2. The van der Waals surface area contributed by atoms with Gasteiger partial charge in [-0.3, -0.25) is 4.79 Å². The summed E-state index contributed by atoms with van der Waals surface area (Å²) in [5, 5.41) is 0. The molecule has 1 fully saturated rings. The molecule has 1 heterocycles. The quantitative estimate of drug-likeness (QED) is 0.579. The lowest BCUT2D eigenvalue weighted by atomic mass is 10.1. The SMILES string of the molecule is C=CCN1CC(C)C(F)(F)C1=O. The average molecular weight is 175 g/mol. The standard InChI is InChI=1S/C8H11F2NO/c1-3-4-11-5-6(2)8(9,10)7(11)12/h3,6H,1,4-5H2,2H3. The van der Waals surface area contributed by atoms with Crippen molar-refractivity contribution in [3.05, 3.63) is 12.7 Å². The third kappa shape index (κ3) is 1.21. The molecule has 2 nitrogen and oxygen atoms in total. The first kappa shape index (κ1) is 9.16. The van der Waals surface area contributed by atoms with Crippen molar-refractivity contribution >= 4 is 5.91 Å². The van der Waals surface area contributed by atoms with Gasteiger partial charge in [-0.05, 0) is 0 Å². The smallest absolute Gasteiger partial charge is 0.328 e. The number of hydrogen-bond donors (Lipinski definition) is 0. The lowest BCUT2D eigenvalue weighted by Gasteiger charge is -2.12. The van der Waals surface area contributed by atoms with Gasteiger partial charge in [0.05, 0.1) is 0 Å². The van der Waals surface area contributed by atoms with E-state index >= 15 is 0 Å². The summed E-state index contributed by atoms with van der Waals surface area (Å²) >= 11 is 0. The van der Waals surface area contributed by atoms with Crippen molar-refractivity contribution in [1.82, 2.24) is 4.90 Å². The van der Waals surface area contributed by atoms with Crippen molar-refractivity contribution in [2.75, 3.05) is 13.1 Å². The number of alkyl halides is 2. The van der Waals surface area contributed by atoms with Gasteiger partial charge in [0.15, 0.2) is 0 Å². The van der Waals surface area contributed by atoms with E-state index in [4.69, 9.17) is 0 Å². The van der Waals surface area contributed by atoms with Gasteiger partial charge in [-0.1, -0.05) is 13.0 Å². The third-order valence-corrected chi connectivity index (χ3v) is 2.04.